The lowest BCUT2D eigenvalue weighted by atomic mass is 9.73. The van der Waals surface area contributed by atoms with Crippen molar-refractivity contribution in [3.8, 4) is 0 Å². The van der Waals surface area contributed by atoms with Gasteiger partial charge in [-0.05, 0) is 47.9 Å². The zero-order valence-corrected chi connectivity index (χ0v) is 23.0. The summed E-state index contributed by atoms with van der Waals surface area (Å²) in [5.74, 6) is -1.40. The zero-order valence-electron chi connectivity index (χ0n) is 21.4. The predicted molar refractivity (Wildman–Crippen MR) is 147 cm³/mol. The maximum absolute atomic E-state index is 14.1. The van der Waals surface area contributed by atoms with E-state index in [4.69, 9.17) is 16.3 Å². The van der Waals surface area contributed by atoms with Crippen molar-refractivity contribution in [2.24, 2.45) is 23.7 Å². The van der Waals surface area contributed by atoms with Gasteiger partial charge in [0.15, 0.2) is 0 Å². The summed E-state index contributed by atoms with van der Waals surface area (Å²) in [6.07, 6.45) is 6.26. The lowest BCUT2D eigenvalue weighted by molar-refractivity contribution is -0.142. The number of nitrogens with zero attached hydrogens (tertiary/aromatic N) is 1. The Morgan fingerprint density at radius 2 is 2.03 bits per heavy atom. The van der Waals surface area contributed by atoms with E-state index in [-0.39, 0.29) is 23.8 Å². The molecule has 2 bridgehead atoms. The first kappa shape index (κ1) is 25.6. The first-order chi connectivity index (χ1) is 18.3. The van der Waals surface area contributed by atoms with Gasteiger partial charge in [-0.2, -0.15) is 0 Å². The number of halogens is 1. The van der Waals surface area contributed by atoms with Crippen LogP contribution in [0.1, 0.15) is 38.0 Å². The summed E-state index contributed by atoms with van der Waals surface area (Å²) >= 11 is 7.65. The van der Waals surface area contributed by atoms with Gasteiger partial charge in [0, 0.05) is 21.6 Å². The van der Waals surface area contributed by atoms with E-state index in [0.717, 1.165) is 24.1 Å². The van der Waals surface area contributed by atoms with E-state index in [1.807, 2.05) is 29.7 Å². The standard InChI is InChI=1S/C29H32ClN3O4S/c1-16-6-3-10-21(17(16)2)32-27(35)25-29-12-11-22(37-29)23(26(34)31-19-8-4-7-18(30)14-19)24(29)28(36)33(25)15-20-9-5-13-38-20/h4-5,7-9,11-14,16-17,21-25H,3,6,10,15H2,1-2H3,(H,31,34)(H,32,35)/t16-,17+,21+,22+,23-,24+,25+,29+/m1/s1. The molecule has 38 heavy (non-hydrogen) atoms. The van der Waals surface area contributed by atoms with Crippen molar-refractivity contribution in [3.63, 3.8) is 0 Å². The van der Waals surface area contributed by atoms with Gasteiger partial charge < -0.3 is 20.3 Å². The van der Waals surface area contributed by atoms with Crippen molar-refractivity contribution >= 4 is 46.3 Å². The number of fused-ring (bicyclic) bond motifs is 1. The van der Waals surface area contributed by atoms with Gasteiger partial charge in [-0.1, -0.05) is 62.6 Å². The second-order valence-corrected chi connectivity index (χ2v) is 12.6. The van der Waals surface area contributed by atoms with Crippen LogP contribution in [-0.4, -0.2) is 46.4 Å². The molecular weight excluding hydrogens is 522 g/mol. The summed E-state index contributed by atoms with van der Waals surface area (Å²) in [5, 5.41) is 8.67. The molecule has 1 aliphatic carbocycles. The third-order valence-electron chi connectivity index (χ3n) is 8.96. The van der Waals surface area contributed by atoms with Crippen LogP contribution in [0.4, 0.5) is 5.69 Å². The van der Waals surface area contributed by atoms with Crippen molar-refractivity contribution in [3.05, 3.63) is 63.8 Å². The SMILES string of the molecule is C[C@H]1[C@H](C)CCC[C@@H]1NC(=O)[C@@H]1N(Cc2cccs2)C(=O)[C@@H]2[C@H](C(=O)Nc3cccc(Cl)c3)[C@@H]3C=C[C@]21O3. The molecule has 2 N–H and O–H groups in total. The third kappa shape index (κ3) is 4.17. The Labute approximate surface area is 231 Å². The number of likely N-dealkylation sites (tertiary alicyclic amines) is 1. The van der Waals surface area contributed by atoms with Crippen LogP contribution in [0.15, 0.2) is 53.9 Å². The van der Waals surface area contributed by atoms with Gasteiger partial charge in [-0.25, -0.2) is 0 Å². The van der Waals surface area contributed by atoms with E-state index < -0.39 is 29.6 Å². The highest BCUT2D eigenvalue weighted by Crippen LogP contribution is 2.55. The lowest BCUT2D eigenvalue weighted by Gasteiger charge is -2.38. The largest absolute Gasteiger partial charge is 0.359 e. The second-order valence-electron chi connectivity index (χ2n) is 11.1. The minimum atomic E-state index is -1.18. The molecule has 9 heteroatoms. The Hall–Kier alpha value is -2.68. The number of nitrogens with one attached hydrogen (secondary N) is 2. The molecule has 1 spiro atoms. The van der Waals surface area contributed by atoms with E-state index in [1.165, 1.54) is 0 Å². The molecule has 7 nitrogen and oxygen atoms in total. The Morgan fingerprint density at radius 1 is 1.18 bits per heavy atom. The van der Waals surface area contributed by atoms with Crippen molar-refractivity contribution in [1.82, 2.24) is 10.2 Å². The summed E-state index contributed by atoms with van der Waals surface area (Å²) in [6, 6.07) is 10.0. The smallest absolute Gasteiger partial charge is 0.246 e. The van der Waals surface area contributed by atoms with Gasteiger partial charge in [0.05, 0.1) is 24.5 Å². The first-order valence-corrected chi connectivity index (χ1v) is 14.6. The maximum atomic E-state index is 14.1. The fourth-order valence-electron chi connectivity index (χ4n) is 6.85. The molecule has 1 aromatic carbocycles. The minimum Gasteiger partial charge on any atom is -0.359 e. The number of benzene rings is 1. The van der Waals surface area contributed by atoms with Crippen LogP contribution in [0.5, 0.6) is 0 Å². The molecular formula is C29H32ClN3O4S. The molecule has 0 radical (unpaired) electrons. The summed E-state index contributed by atoms with van der Waals surface area (Å²) in [6.45, 7) is 4.72. The van der Waals surface area contributed by atoms with Crippen molar-refractivity contribution < 1.29 is 19.1 Å². The number of carbonyl (C=O) groups is 3. The van der Waals surface area contributed by atoms with Crippen LogP contribution in [-0.2, 0) is 25.7 Å². The average Bonchev–Trinajstić information content (AvgIpc) is 3.65. The van der Waals surface area contributed by atoms with Crippen LogP contribution >= 0.6 is 22.9 Å². The van der Waals surface area contributed by atoms with E-state index >= 15 is 0 Å². The Morgan fingerprint density at radius 3 is 2.79 bits per heavy atom. The second kappa shape index (κ2) is 9.81. The van der Waals surface area contributed by atoms with Crippen molar-refractivity contribution in [2.45, 2.75) is 63.4 Å². The third-order valence-corrected chi connectivity index (χ3v) is 10.1. The summed E-state index contributed by atoms with van der Waals surface area (Å²) < 4.78 is 6.45. The zero-order chi connectivity index (χ0) is 26.6. The lowest BCUT2D eigenvalue weighted by Crippen LogP contribution is -2.57. The number of thiophene rings is 1. The monoisotopic (exact) mass is 553 g/mol. The summed E-state index contributed by atoms with van der Waals surface area (Å²) in [7, 11) is 0. The summed E-state index contributed by atoms with van der Waals surface area (Å²) in [4.78, 5) is 44.3. The summed E-state index contributed by atoms with van der Waals surface area (Å²) in [5.41, 5.74) is -0.623. The molecule has 0 unspecified atom stereocenters. The van der Waals surface area contributed by atoms with Gasteiger partial charge >= 0.3 is 0 Å². The Balaban J connectivity index is 1.32. The fraction of sp³-hybridized carbons (Fsp3) is 0.483. The van der Waals surface area contributed by atoms with E-state index in [1.54, 1.807) is 40.5 Å². The van der Waals surface area contributed by atoms with Gasteiger partial charge in [-0.15, -0.1) is 11.3 Å². The number of anilines is 1. The topological polar surface area (TPSA) is 87.7 Å². The molecule has 6 rings (SSSR count). The minimum absolute atomic E-state index is 0.0462. The van der Waals surface area contributed by atoms with Crippen LogP contribution in [0.2, 0.25) is 5.02 Å². The van der Waals surface area contributed by atoms with Crippen molar-refractivity contribution in [1.29, 1.82) is 0 Å². The quantitative estimate of drug-likeness (QED) is 0.511. The Kier molecular flexibility index (Phi) is 6.61. The van der Waals surface area contributed by atoms with E-state index in [9.17, 15) is 14.4 Å². The average molecular weight is 554 g/mol. The molecule has 3 amide bonds. The fourth-order valence-corrected chi connectivity index (χ4v) is 7.74. The van der Waals surface area contributed by atoms with Crippen LogP contribution in [0, 0.1) is 23.7 Å². The molecule has 1 aromatic heterocycles. The van der Waals surface area contributed by atoms with Crippen LogP contribution in [0.25, 0.3) is 0 Å². The number of ether oxygens (including phenoxy) is 1. The highest BCUT2D eigenvalue weighted by atomic mass is 35.5. The van der Waals surface area contributed by atoms with Crippen molar-refractivity contribution in [2.75, 3.05) is 5.32 Å². The number of hydrogen-bond donors (Lipinski definition) is 2. The maximum Gasteiger partial charge on any atom is 0.246 e. The highest BCUT2D eigenvalue weighted by molar-refractivity contribution is 7.09. The first-order valence-electron chi connectivity index (χ1n) is 13.4. The normalized spacial score (nSPS) is 35.4. The highest BCUT2D eigenvalue weighted by Gasteiger charge is 2.72. The molecule has 4 aliphatic rings. The van der Waals surface area contributed by atoms with Gasteiger partial charge in [0.2, 0.25) is 17.7 Å². The number of amides is 3. The molecule has 1 saturated carbocycles. The van der Waals surface area contributed by atoms with E-state index in [2.05, 4.69) is 24.5 Å². The molecule has 2 aromatic rings. The molecule has 200 valence electrons. The molecule has 4 heterocycles. The number of hydrogen-bond acceptors (Lipinski definition) is 5. The van der Waals surface area contributed by atoms with Crippen LogP contribution < -0.4 is 10.6 Å². The molecule has 3 fully saturated rings. The molecule has 8 atom stereocenters. The molecule has 3 aliphatic heterocycles. The van der Waals surface area contributed by atoms with E-state index in [0.29, 0.717) is 29.1 Å². The van der Waals surface area contributed by atoms with Crippen LogP contribution in [0.3, 0.4) is 0 Å². The number of rotatable bonds is 6. The Bertz CT molecular complexity index is 1280. The molecule has 2 saturated heterocycles. The predicted octanol–water partition coefficient (Wildman–Crippen LogP) is 4.63. The number of carbonyl (C=O) groups excluding carboxylic acids is 3. The van der Waals surface area contributed by atoms with Gasteiger partial charge in [0.25, 0.3) is 0 Å². The van der Waals surface area contributed by atoms with Gasteiger partial charge in [-0.3, -0.25) is 14.4 Å². The van der Waals surface area contributed by atoms with Gasteiger partial charge in [0.1, 0.15) is 11.6 Å².